The molecule has 5 nitrogen and oxygen atoms in total. The summed E-state index contributed by atoms with van der Waals surface area (Å²) >= 11 is 0. The fourth-order valence-corrected chi connectivity index (χ4v) is 2.29. The predicted molar refractivity (Wildman–Crippen MR) is 95.8 cm³/mol. The average molecular weight is 334 g/mol. The van der Waals surface area contributed by atoms with Crippen LogP contribution in [0, 0.1) is 0 Å². The van der Waals surface area contributed by atoms with E-state index in [4.69, 9.17) is 4.74 Å². The zero-order valence-electron chi connectivity index (χ0n) is 15.7. The number of nitrogens with zero attached hydrogens (tertiary/aromatic N) is 1. The normalized spacial score (nSPS) is 11.7. The Bertz CT molecular complexity index is 545. The largest absolute Gasteiger partial charge is 0.459 e. The van der Waals surface area contributed by atoms with Crippen molar-refractivity contribution in [2.45, 2.75) is 59.7 Å². The average Bonchev–Trinajstić information content (AvgIpc) is 2.48. The molecule has 1 rings (SSSR count). The predicted octanol–water partition coefficient (Wildman–Crippen LogP) is 2.99. The van der Waals surface area contributed by atoms with Crippen molar-refractivity contribution in [3.8, 4) is 0 Å². The van der Waals surface area contributed by atoms with Gasteiger partial charge in [-0.3, -0.25) is 14.5 Å². The van der Waals surface area contributed by atoms with Gasteiger partial charge >= 0.3 is 5.97 Å². The van der Waals surface area contributed by atoms with E-state index in [1.807, 2.05) is 12.1 Å². The zero-order valence-corrected chi connectivity index (χ0v) is 15.7. The van der Waals surface area contributed by atoms with E-state index in [1.54, 1.807) is 32.9 Å². The highest BCUT2D eigenvalue weighted by Gasteiger charge is 2.17. The number of hydrogen-bond donors (Lipinski definition) is 1. The smallest absolute Gasteiger partial charge is 0.325 e. The van der Waals surface area contributed by atoms with Crippen LogP contribution < -0.4 is 5.32 Å². The minimum absolute atomic E-state index is 0.130. The first kappa shape index (κ1) is 20.2. The molecule has 1 N–H and O–H groups in total. The maximum atomic E-state index is 12.1. The molecule has 0 spiro atoms. The number of amides is 1. The second-order valence-corrected chi connectivity index (χ2v) is 7.12. The number of ether oxygens (including phenoxy) is 1. The van der Waals surface area contributed by atoms with E-state index in [2.05, 4.69) is 31.0 Å². The fourth-order valence-electron chi connectivity index (χ4n) is 2.29. The number of hydrogen-bond acceptors (Lipinski definition) is 4. The van der Waals surface area contributed by atoms with Gasteiger partial charge in [-0.05, 0) is 58.9 Å². The Morgan fingerprint density at radius 2 is 1.75 bits per heavy atom. The number of carbonyl (C=O) groups is 2. The van der Waals surface area contributed by atoms with Crippen LogP contribution in [0.3, 0.4) is 0 Å². The molecule has 0 saturated heterocycles. The molecule has 0 unspecified atom stereocenters. The van der Waals surface area contributed by atoms with Crippen molar-refractivity contribution in [3.05, 3.63) is 35.4 Å². The summed E-state index contributed by atoms with van der Waals surface area (Å²) < 4.78 is 5.16. The van der Waals surface area contributed by atoms with E-state index in [9.17, 15) is 9.59 Å². The lowest BCUT2D eigenvalue weighted by molar-refractivity contribution is -0.153. The van der Waals surface area contributed by atoms with E-state index in [0.29, 0.717) is 11.6 Å². The van der Waals surface area contributed by atoms with Crippen molar-refractivity contribution in [1.29, 1.82) is 0 Å². The molecule has 1 aromatic carbocycles. The van der Waals surface area contributed by atoms with Crippen LogP contribution in [0.15, 0.2) is 24.3 Å². The first-order valence-corrected chi connectivity index (χ1v) is 8.45. The van der Waals surface area contributed by atoms with Gasteiger partial charge in [-0.1, -0.05) is 19.1 Å². The van der Waals surface area contributed by atoms with E-state index < -0.39 is 11.6 Å². The van der Waals surface area contributed by atoms with Gasteiger partial charge in [-0.15, -0.1) is 0 Å². The van der Waals surface area contributed by atoms with E-state index >= 15 is 0 Å². The lowest BCUT2D eigenvalue weighted by Crippen LogP contribution is -2.34. The molecule has 1 aromatic rings. The van der Waals surface area contributed by atoms with Crippen molar-refractivity contribution < 1.29 is 14.3 Å². The maximum Gasteiger partial charge on any atom is 0.325 e. The standard InChI is InChI=1S/C19H30N2O3/c1-7-21(14(2)3)13-15-8-10-16(11-9-15)18(23)20-12-17(22)24-19(4,5)6/h8-11,14H,7,12-13H2,1-6H3,(H,20,23). The molecule has 0 aliphatic heterocycles. The lowest BCUT2D eigenvalue weighted by Gasteiger charge is -2.24. The quantitative estimate of drug-likeness (QED) is 0.779. The van der Waals surface area contributed by atoms with Crippen molar-refractivity contribution in [2.24, 2.45) is 0 Å². The first-order valence-electron chi connectivity index (χ1n) is 8.45. The van der Waals surface area contributed by atoms with Crippen molar-refractivity contribution in [3.63, 3.8) is 0 Å². The van der Waals surface area contributed by atoms with Crippen LogP contribution >= 0.6 is 0 Å². The Morgan fingerprint density at radius 3 is 2.21 bits per heavy atom. The molecule has 0 aliphatic carbocycles. The summed E-state index contributed by atoms with van der Waals surface area (Å²) in [6.45, 7) is 13.6. The highest BCUT2D eigenvalue weighted by Crippen LogP contribution is 2.10. The molecule has 0 aliphatic rings. The molecular weight excluding hydrogens is 304 g/mol. The number of esters is 1. The van der Waals surface area contributed by atoms with Gasteiger partial charge in [0.1, 0.15) is 12.1 Å². The van der Waals surface area contributed by atoms with Crippen LogP contribution in [-0.2, 0) is 16.1 Å². The Balaban J connectivity index is 2.56. The summed E-state index contributed by atoms with van der Waals surface area (Å²) in [6.07, 6.45) is 0. The summed E-state index contributed by atoms with van der Waals surface area (Å²) in [5.74, 6) is -0.716. The van der Waals surface area contributed by atoms with Gasteiger partial charge in [0, 0.05) is 18.2 Å². The van der Waals surface area contributed by atoms with Gasteiger partial charge in [-0.2, -0.15) is 0 Å². The second kappa shape index (κ2) is 8.83. The molecule has 0 atom stereocenters. The lowest BCUT2D eigenvalue weighted by atomic mass is 10.1. The van der Waals surface area contributed by atoms with Crippen molar-refractivity contribution >= 4 is 11.9 Å². The van der Waals surface area contributed by atoms with E-state index in [-0.39, 0.29) is 12.5 Å². The number of rotatable bonds is 7. The number of carbonyl (C=O) groups excluding carboxylic acids is 2. The molecule has 0 saturated carbocycles. The molecule has 0 aromatic heterocycles. The zero-order chi connectivity index (χ0) is 18.3. The third kappa shape index (κ3) is 7.13. The van der Waals surface area contributed by atoms with Crippen LogP contribution in [0.2, 0.25) is 0 Å². The van der Waals surface area contributed by atoms with Crippen LogP contribution in [0.1, 0.15) is 57.5 Å². The molecule has 1 amide bonds. The molecule has 24 heavy (non-hydrogen) atoms. The third-order valence-corrected chi connectivity index (χ3v) is 3.55. The van der Waals surface area contributed by atoms with Gasteiger partial charge in [0.2, 0.25) is 0 Å². The molecule has 5 heteroatoms. The fraction of sp³-hybridized carbons (Fsp3) is 0.579. The van der Waals surface area contributed by atoms with Gasteiger partial charge in [0.15, 0.2) is 0 Å². The highest BCUT2D eigenvalue weighted by molar-refractivity contribution is 5.95. The second-order valence-electron chi connectivity index (χ2n) is 7.12. The minimum atomic E-state index is -0.551. The van der Waals surface area contributed by atoms with Gasteiger partial charge in [0.25, 0.3) is 5.91 Å². The molecule has 0 radical (unpaired) electrons. The molecule has 134 valence electrons. The number of benzene rings is 1. The summed E-state index contributed by atoms with van der Waals surface area (Å²) in [6, 6.07) is 7.95. The minimum Gasteiger partial charge on any atom is -0.459 e. The Labute approximate surface area is 145 Å². The topological polar surface area (TPSA) is 58.6 Å². The van der Waals surface area contributed by atoms with Crippen LogP contribution in [-0.4, -0.2) is 41.5 Å². The summed E-state index contributed by atoms with van der Waals surface area (Å²) in [5, 5.41) is 2.59. The Morgan fingerprint density at radius 1 is 1.17 bits per heavy atom. The van der Waals surface area contributed by atoms with Gasteiger partial charge in [-0.25, -0.2) is 0 Å². The first-order chi connectivity index (χ1) is 11.1. The van der Waals surface area contributed by atoms with Crippen LogP contribution in [0.25, 0.3) is 0 Å². The number of nitrogens with one attached hydrogen (secondary N) is 1. The summed E-state index contributed by atoms with van der Waals surface area (Å²) in [7, 11) is 0. The van der Waals surface area contributed by atoms with E-state index in [0.717, 1.165) is 18.7 Å². The molecule has 0 fully saturated rings. The Hall–Kier alpha value is -1.88. The van der Waals surface area contributed by atoms with Gasteiger partial charge in [0.05, 0.1) is 0 Å². The SMILES string of the molecule is CCN(Cc1ccc(C(=O)NCC(=O)OC(C)(C)C)cc1)C(C)C. The maximum absolute atomic E-state index is 12.1. The Kier molecular flexibility index (Phi) is 7.42. The highest BCUT2D eigenvalue weighted by atomic mass is 16.6. The van der Waals surface area contributed by atoms with Crippen molar-refractivity contribution in [2.75, 3.05) is 13.1 Å². The molecule has 0 heterocycles. The van der Waals surface area contributed by atoms with Crippen molar-refractivity contribution in [1.82, 2.24) is 10.2 Å². The van der Waals surface area contributed by atoms with Crippen LogP contribution in [0.5, 0.6) is 0 Å². The molecular formula is C19H30N2O3. The monoisotopic (exact) mass is 334 g/mol. The van der Waals surface area contributed by atoms with Gasteiger partial charge < -0.3 is 10.1 Å². The molecule has 0 bridgehead atoms. The summed E-state index contributed by atoms with van der Waals surface area (Å²) in [5.41, 5.74) is 1.15. The van der Waals surface area contributed by atoms with E-state index in [1.165, 1.54) is 0 Å². The van der Waals surface area contributed by atoms with Crippen LogP contribution in [0.4, 0.5) is 0 Å². The third-order valence-electron chi connectivity index (χ3n) is 3.55. The summed E-state index contributed by atoms with van der Waals surface area (Å²) in [4.78, 5) is 26.1.